The van der Waals surface area contributed by atoms with E-state index in [0.717, 1.165) is 31.2 Å². The van der Waals surface area contributed by atoms with Crippen molar-refractivity contribution in [1.82, 2.24) is 5.32 Å². The third-order valence-electron chi connectivity index (χ3n) is 3.62. The van der Waals surface area contributed by atoms with Gasteiger partial charge >= 0.3 is 0 Å². The first kappa shape index (κ1) is 13.7. The molecule has 2 rings (SSSR count). The highest BCUT2D eigenvalue weighted by Gasteiger charge is 2.28. The zero-order valence-electron chi connectivity index (χ0n) is 10.5. The van der Waals surface area contributed by atoms with Crippen LogP contribution in [0.1, 0.15) is 37.7 Å². The van der Waals surface area contributed by atoms with E-state index in [9.17, 15) is 10.2 Å². The number of nitrogens with one attached hydrogen (secondary N) is 1. The van der Waals surface area contributed by atoms with Crippen molar-refractivity contribution in [2.75, 3.05) is 6.54 Å². The number of para-hydroxylation sites is 1. The van der Waals surface area contributed by atoms with Gasteiger partial charge in [0, 0.05) is 18.7 Å². The minimum Gasteiger partial charge on any atom is -0.506 e. The number of benzene rings is 1. The van der Waals surface area contributed by atoms with E-state index in [1.165, 1.54) is 6.42 Å². The highest BCUT2D eigenvalue weighted by atomic mass is 35.5. The Morgan fingerprint density at radius 2 is 1.94 bits per heavy atom. The summed E-state index contributed by atoms with van der Waals surface area (Å²) in [6.45, 7) is 1.09. The topological polar surface area (TPSA) is 52.5 Å². The molecule has 0 saturated heterocycles. The Balaban J connectivity index is 1.86. The van der Waals surface area contributed by atoms with Gasteiger partial charge in [-0.3, -0.25) is 0 Å². The van der Waals surface area contributed by atoms with E-state index in [4.69, 9.17) is 11.6 Å². The van der Waals surface area contributed by atoms with E-state index in [1.54, 1.807) is 6.07 Å². The summed E-state index contributed by atoms with van der Waals surface area (Å²) < 4.78 is 0. The summed E-state index contributed by atoms with van der Waals surface area (Å²) in [6.07, 6.45) is 5.14. The molecule has 0 unspecified atom stereocenters. The highest BCUT2D eigenvalue weighted by molar-refractivity contribution is 6.32. The molecule has 1 aromatic rings. The fourth-order valence-corrected chi connectivity index (χ4v) is 2.71. The lowest BCUT2D eigenvalue weighted by Gasteiger charge is -2.32. The zero-order chi connectivity index (χ0) is 13.0. The minimum absolute atomic E-state index is 0.127. The maximum Gasteiger partial charge on any atom is 0.138 e. The number of aliphatic hydroxyl groups is 1. The van der Waals surface area contributed by atoms with E-state index in [0.29, 0.717) is 18.1 Å². The first-order valence-corrected chi connectivity index (χ1v) is 6.88. The standard InChI is InChI=1S/C14H20ClNO2/c15-12-6-4-5-11(13(12)17)9-16-10-14(18)7-2-1-3-8-14/h4-6,16-18H,1-3,7-10H2. The summed E-state index contributed by atoms with van der Waals surface area (Å²) in [6, 6.07) is 5.31. The van der Waals surface area contributed by atoms with Crippen molar-refractivity contribution in [2.45, 2.75) is 44.2 Å². The van der Waals surface area contributed by atoms with Gasteiger partial charge in [-0.25, -0.2) is 0 Å². The molecule has 3 nitrogen and oxygen atoms in total. The molecule has 0 aliphatic heterocycles. The van der Waals surface area contributed by atoms with E-state index < -0.39 is 5.60 Å². The SMILES string of the molecule is Oc1c(Cl)cccc1CNCC1(O)CCCCC1. The second kappa shape index (κ2) is 5.91. The Bertz CT molecular complexity index is 403. The predicted octanol–water partition coefficient (Wildman–Crippen LogP) is 2.83. The van der Waals surface area contributed by atoms with E-state index in [-0.39, 0.29) is 5.75 Å². The molecule has 0 atom stereocenters. The number of halogens is 1. The Kier molecular flexibility index (Phi) is 4.49. The third-order valence-corrected chi connectivity index (χ3v) is 3.93. The summed E-state index contributed by atoms with van der Waals surface area (Å²) in [7, 11) is 0. The molecule has 0 aromatic heterocycles. The van der Waals surface area contributed by atoms with Gasteiger partial charge < -0.3 is 15.5 Å². The van der Waals surface area contributed by atoms with Gasteiger partial charge in [0.1, 0.15) is 5.75 Å². The van der Waals surface area contributed by atoms with Crippen molar-refractivity contribution in [3.8, 4) is 5.75 Å². The first-order chi connectivity index (χ1) is 8.61. The number of aromatic hydroxyl groups is 1. The lowest BCUT2D eigenvalue weighted by molar-refractivity contribution is 0.00464. The van der Waals surface area contributed by atoms with Crippen LogP contribution in [-0.4, -0.2) is 22.4 Å². The van der Waals surface area contributed by atoms with Crippen molar-refractivity contribution >= 4 is 11.6 Å². The van der Waals surface area contributed by atoms with E-state index >= 15 is 0 Å². The lowest BCUT2D eigenvalue weighted by atomic mass is 9.85. The van der Waals surface area contributed by atoms with Crippen LogP contribution in [0.3, 0.4) is 0 Å². The van der Waals surface area contributed by atoms with Crippen molar-refractivity contribution < 1.29 is 10.2 Å². The maximum absolute atomic E-state index is 10.3. The smallest absolute Gasteiger partial charge is 0.138 e. The monoisotopic (exact) mass is 269 g/mol. The predicted molar refractivity (Wildman–Crippen MR) is 72.9 cm³/mol. The van der Waals surface area contributed by atoms with Gasteiger partial charge in [-0.15, -0.1) is 0 Å². The molecular weight excluding hydrogens is 250 g/mol. The molecule has 0 radical (unpaired) electrons. The lowest BCUT2D eigenvalue weighted by Crippen LogP contribution is -2.41. The van der Waals surface area contributed by atoms with E-state index in [1.807, 2.05) is 12.1 Å². The van der Waals surface area contributed by atoms with Gasteiger partial charge in [-0.2, -0.15) is 0 Å². The Morgan fingerprint density at radius 1 is 1.22 bits per heavy atom. The highest BCUT2D eigenvalue weighted by Crippen LogP contribution is 2.29. The molecule has 100 valence electrons. The van der Waals surface area contributed by atoms with Crippen molar-refractivity contribution in [1.29, 1.82) is 0 Å². The largest absolute Gasteiger partial charge is 0.506 e. The van der Waals surface area contributed by atoms with Crippen LogP contribution in [0.4, 0.5) is 0 Å². The normalized spacial score (nSPS) is 18.8. The summed E-state index contributed by atoms with van der Waals surface area (Å²) in [5, 5.41) is 23.7. The first-order valence-electron chi connectivity index (χ1n) is 6.50. The second-order valence-electron chi connectivity index (χ2n) is 5.14. The molecule has 0 amide bonds. The molecule has 3 N–H and O–H groups in total. The van der Waals surface area contributed by atoms with Crippen LogP contribution in [-0.2, 0) is 6.54 Å². The van der Waals surface area contributed by atoms with Gasteiger partial charge in [-0.05, 0) is 18.9 Å². The van der Waals surface area contributed by atoms with Crippen LogP contribution in [0, 0.1) is 0 Å². The van der Waals surface area contributed by atoms with Crippen molar-refractivity contribution in [3.05, 3.63) is 28.8 Å². The van der Waals surface area contributed by atoms with Crippen molar-refractivity contribution in [3.63, 3.8) is 0 Å². The van der Waals surface area contributed by atoms with Gasteiger partial charge in [0.15, 0.2) is 0 Å². The molecule has 1 fully saturated rings. The zero-order valence-corrected chi connectivity index (χ0v) is 11.2. The number of rotatable bonds is 4. The van der Waals surface area contributed by atoms with Crippen LogP contribution in [0.5, 0.6) is 5.75 Å². The summed E-state index contributed by atoms with van der Waals surface area (Å²) >= 11 is 5.84. The molecule has 0 spiro atoms. The molecule has 4 heteroatoms. The Morgan fingerprint density at radius 3 is 2.67 bits per heavy atom. The summed E-state index contributed by atoms with van der Waals surface area (Å²) in [5.41, 5.74) is 0.189. The quantitative estimate of drug-likeness (QED) is 0.788. The van der Waals surface area contributed by atoms with Crippen molar-refractivity contribution in [2.24, 2.45) is 0 Å². The molecule has 0 heterocycles. The van der Waals surface area contributed by atoms with Crippen LogP contribution in [0.2, 0.25) is 5.02 Å². The van der Waals surface area contributed by atoms with Gasteiger partial charge in [0.05, 0.1) is 10.6 Å². The number of phenols is 1. The molecule has 0 bridgehead atoms. The Labute approximate surface area is 113 Å². The third kappa shape index (κ3) is 3.37. The van der Waals surface area contributed by atoms with Crippen LogP contribution < -0.4 is 5.32 Å². The van der Waals surface area contributed by atoms with Crippen LogP contribution in [0.25, 0.3) is 0 Å². The average Bonchev–Trinajstić information content (AvgIpc) is 2.35. The summed E-state index contributed by atoms with van der Waals surface area (Å²) in [4.78, 5) is 0. The summed E-state index contributed by atoms with van der Waals surface area (Å²) in [5.74, 6) is 0.127. The molecule has 18 heavy (non-hydrogen) atoms. The minimum atomic E-state index is -0.577. The number of hydrogen-bond donors (Lipinski definition) is 3. The number of phenolic OH excluding ortho intramolecular Hbond substituents is 1. The molecule has 1 aromatic carbocycles. The molecule has 1 aliphatic carbocycles. The second-order valence-corrected chi connectivity index (χ2v) is 5.54. The fraction of sp³-hybridized carbons (Fsp3) is 0.571. The number of hydrogen-bond acceptors (Lipinski definition) is 3. The van der Waals surface area contributed by atoms with Gasteiger partial charge in [0.2, 0.25) is 0 Å². The Hall–Kier alpha value is -0.770. The van der Waals surface area contributed by atoms with Crippen LogP contribution in [0.15, 0.2) is 18.2 Å². The fourth-order valence-electron chi connectivity index (χ4n) is 2.52. The average molecular weight is 270 g/mol. The molecule has 1 aliphatic rings. The van der Waals surface area contributed by atoms with E-state index in [2.05, 4.69) is 5.32 Å². The molecule has 1 saturated carbocycles. The molecular formula is C14H20ClNO2. The van der Waals surface area contributed by atoms with Gasteiger partial charge in [0.25, 0.3) is 0 Å². The maximum atomic E-state index is 10.3. The van der Waals surface area contributed by atoms with Gasteiger partial charge in [-0.1, -0.05) is 43.0 Å². The van der Waals surface area contributed by atoms with Crippen LogP contribution >= 0.6 is 11.6 Å².